The van der Waals surface area contributed by atoms with E-state index in [1.54, 1.807) is 6.07 Å². The molecule has 0 aromatic carbocycles. The number of nitriles is 1. The maximum atomic E-state index is 11.9. The van der Waals surface area contributed by atoms with Crippen LogP contribution in [0.2, 0.25) is 0 Å². The Morgan fingerprint density at radius 2 is 2.15 bits per heavy atom. The third-order valence-electron chi connectivity index (χ3n) is 1.10. The summed E-state index contributed by atoms with van der Waals surface area (Å²) < 4.78 is 35.7. The van der Waals surface area contributed by atoms with E-state index in [4.69, 9.17) is 5.26 Å². The van der Waals surface area contributed by atoms with E-state index >= 15 is 0 Å². The lowest BCUT2D eigenvalue weighted by atomic mass is 10.4. The summed E-state index contributed by atoms with van der Waals surface area (Å²) in [6, 6.07) is 4.15. The van der Waals surface area contributed by atoms with E-state index in [0.29, 0.717) is 0 Å². The number of hydrogen-bond donors (Lipinski definition) is 0. The maximum Gasteiger partial charge on any atom is 0.446 e. The summed E-state index contributed by atoms with van der Waals surface area (Å²) in [7, 11) is 0. The molecule has 0 atom stereocenters. The predicted octanol–water partition coefficient (Wildman–Crippen LogP) is 2.57. The van der Waals surface area contributed by atoms with Gasteiger partial charge in [-0.25, -0.2) is 4.98 Å². The van der Waals surface area contributed by atoms with Crippen LogP contribution in [-0.4, -0.2) is 10.5 Å². The third-order valence-corrected chi connectivity index (χ3v) is 1.88. The SMILES string of the molecule is N#Cc1ncccc1SC(F)(F)F. The van der Waals surface area contributed by atoms with Crippen molar-refractivity contribution in [2.24, 2.45) is 0 Å². The molecule has 0 unspecified atom stereocenters. The van der Waals surface area contributed by atoms with Crippen molar-refractivity contribution >= 4 is 11.8 Å². The molecule has 0 bridgehead atoms. The van der Waals surface area contributed by atoms with E-state index in [9.17, 15) is 13.2 Å². The van der Waals surface area contributed by atoms with Gasteiger partial charge in [0.15, 0.2) is 5.69 Å². The number of pyridine rings is 1. The maximum absolute atomic E-state index is 11.9. The molecule has 0 fully saturated rings. The van der Waals surface area contributed by atoms with Gasteiger partial charge >= 0.3 is 5.51 Å². The Bertz CT molecular complexity index is 342. The van der Waals surface area contributed by atoms with E-state index in [1.807, 2.05) is 0 Å². The Morgan fingerprint density at radius 3 is 2.69 bits per heavy atom. The Balaban J connectivity index is 2.96. The van der Waals surface area contributed by atoms with Crippen molar-refractivity contribution in [3.63, 3.8) is 0 Å². The molecule has 0 aliphatic carbocycles. The average Bonchev–Trinajstić information content (AvgIpc) is 2.02. The number of aromatic nitrogens is 1. The van der Waals surface area contributed by atoms with Crippen LogP contribution in [0.1, 0.15) is 5.69 Å². The number of thioether (sulfide) groups is 1. The van der Waals surface area contributed by atoms with Gasteiger partial charge in [0.2, 0.25) is 0 Å². The number of nitrogens with zero attached hydrogens (tertiary/aromatic N) is 2. The molecule has 0 aliphatic heterocycles. The first-order valence-electron chi connectivity index (χ1n) is 3.14. The van der Waals surface area contributed by atoms with Crippen molar-refractivity contribution in [1.29, 1.82) is 5.26 Å². The van der Waals surface area contributed by atoms with Gasteiger partial charge < -0.3 is 0 Å². The second-order valence-corrected chi connectivity index (χ2v) is 3.12. The van der Waals surface area contributed by atoms with E-state index < -0.39 is 5.51 Å². The first kappa shape index (κ1) is 9.86. The van der Waals surface area contributed by atoms with Crippen molar-refractivity contribution in [2.45, 2.75) is 10.4 Å². The van der Waals surface area contributed by atoms with Gasteiger partial charge in [-0.1, -0.05) is 0 Å². The molecule has 1 heterocycles. The molecule has 2 nitrogen and oxygen atoms in total. The Hall–Kier alpha value is -1.22. The first-order valence-corrected chi connectivity index (χ1v) is 3.95. The molecule has 68 valence electrons. The fourth-order valence-electron chi connectivity index (χ4n) is 0.682. The van der Waals surface area contributed by atoms with Crippen LogP contribution in [0, 0.1) is 11.3 Å². The lowest BCUT2D eigenvalue weighted by molar-refractivity contribution is -0.0328. The monoisotopic (exact) mass is 204 g/mol. The molecule has 0 radical (unpaired) electrons. The summed E-state index contributed by atoms with van der Waals surface area (Å²) in [5, 5.41) is 8.42. The zero-order valence-electron chi connectivity index (χ0n) is 6.17. The van der Waals surface area contributed by atoms with Crippen molar-refractivity contribution in [3.05, 3.63) is 24.0 Å². The highest BCUT2D eigenvalue weighted by Gasteiger charge is 2.30. The van der Waals surface area contributed by atoms with Gasteiger partial charge in [0.25, 0.3) is 0 Å². The van der Waals surface area contributed by atoms with Crippen molar-refractivity contribution < 1.29 is 13.2 Å². The largest absolute Gasteiger partial charge is 0.446 e. The Labute approximate surface area is 76.4 Å². The fourth-order valence-corrected chi connectivity index (χ4v) is 1.27. The highest BCUT2D eigenvalue weighted by Crippen LogP contribution is 2.37. The standard InChI is InChI=1S/C7H3F3N2S/c8-7(9,10)13-6-2-1-3-12-5(6)4-11/h1-3H. The number of hydrogen-bond acceptors (Lipinski definition) is 3. The average molecular weight is 204 g/mol. The van der Waals surface area contributed by atoms with Crippen LogP contribution >= 0.6 is 11.8 Å². The zero-order chi connectivity index (χ0) is 9.90. The first-order chi connectivity index (χ1) is 6.03. The molecule has 13 heavy (non-hydrogen) atoms. The van der Waals surface area contributed by atoms with Gasteiger partial charge in [0.1, 0.15) is 6.07 Å². The summed E-state index contributed by atoms with van der Waals surface area (Å²) in [6.45, 7) is 0. The molecule has 0 saturated heterocycles. The molecule has 1 aromatic rings. The van der Waals surface area contributed by atoms with Gasteiger partial charge in [0.05, 0.1) is 4.90 Å². The summed E-state index contributed by atoms with van der Waals surface area (Å²) in [4.78, 5) is 3.33. The second kappa shape index (κ2) is 3.66. The molecule has 0 aliphatic rings. The molecule has 1 rings (SSSR count). The minimum Gasteiger partial charge on any atom is -0.244 e. The molecule has 6 heteroatoms. The zero-order valence-corrected chi connectivity index (χ0v) is 6.99. The number of halogens is 3. The molecular weight excluding hydrogens is 201 g/mol. The van der Waals surface area contributed by atoms with Gasteiger partial charge in [-0.2, -0.15) is 18.4 Å². The van der Waals surface area contributed by atoms with Crippen LogP contribution in [0.3, 0.4) is 0 Å². The van der Waals surface area contributed by atoms with Crippen LogP contribution in [0.25, 0.3) is 0 Å². The van der Waals surface area contributed by atoms with Gasteiger partial charge in [-0.3, -0.25) is 0 Å². The van der Waals surface area contributed by atoms with E-state index in [2.05, 4.69) is 4.98 Å². The molecule has 0 spiro atoms. The highest BCUT2D eigenvalue weighted by atomic mass is 32.2. The van der Waals surface area contributed by atoms with Gasteiger partial charge in [-0.15, -0.1) is 0 Å². The van der Waals surface area contributed by atoms with Crippen LogP contribution < -0.4 is 0 Å². The fraction of sp³-hybridized carbons (Fsp3) is 0.143. The smallest absolute Gasteiger partial charge is 0.244 e. The lowest BCUT2D eigenvalue weighted by Crippen LogP contribution is -2.00. The molecule has 0 N–H and O–H groups in total. The predicted molar refractivity (Wildman–Crippen MR) is 40.9 cm³/mol. The summed E-state index contributed by atoms with van der Waals surface area (Å²) in [5.74, 6) is 0. The van der Waals surface area contributed by atoms with Crippen molar-refractivity contribution in [2.75, 3.05) is 0 Å². The summed E-state index contributed by atoms with van der Waals surface area (Å²) >= 11 is -0.333. The van der Waals surface area contributed by atoms with Gasteiger partial charge in [0, 0.05) is 6.20 Å². The van der Waals surface area contributed by atoms with Crippen molar-refractivity contribution in [3.8, 4) is 6.07 Å². The van der Waals surface area contributed by atoms with E-state index in [0.717, 1.165) is 0 Å². The summed E-state index contributed by atoms with van der Waals surface area (Å²) in [6.07, 6.45) is 1.28. The lowest BCUT2D eigenvalue weighted by Gasteiger charge is -2.05. The van der Waals surface area contributed by atoms with E-state index in [1.165, 1.54) is 18.3 Å². The van der Waals surface area contributed by atoms with Crippen molar-refractivity contribution in [1.82, 2.24) is 4.98 Å². The summed E-state index contributed by atoms with van der Waals surface area (Å²) in [5.41, 5.74) is -4.58. The molecule has 0 saturated carbocycles. The third kappa shape index (κ3) is 2.95. The minimum atomic E-state index is -4.38. The van der Waals surface area contributed by atoms with Crippen LogP contribution in [-0.2, 0) is 0 Å². The van der Waals surface area contributed by atoms with Crippen LogP contribution in [0.15, 0.2) is 23.2 Å². The molecular formula is C7H3F3N2S. The van der Waals surface area contributed by atoms with Crippen LogP contribution in [0.5, 0.6) is 0 Å². The Morgan fingerprint density at radius 1 is 1.46 bits per heavy atom. The highest BCUT2D eigenvalue weighted by molar-refractivity contribution is 8.00. The molecule has 1 aromatic heterocycles. The number of rotatable bonds is 1. The van der Waals surface area contributed by atoms with E-state index in [-0.39, 0.29) is 22.4 Å². The normalized spacial score (nSPS) is 10.9. The molecule has 0 amide bonds. The Kier molecular flexibility index (Phi) is 2.78. The van der Waals surface area contributed by atoms with Gasteiger partial charge in [-0.05, 0) is 23.9 Å². The second-order valence-electron chi connectivity index (χ2n) is 2.01. The number of alkyl halides is 3. The topological polar surface area (TPSA) is 36.7 Å². The minimum absolute atomic E-state index is 0.169. The quantitative estimate of drug-likeness (QED) is 0.659. The van der Waals surface area contributed by atoms with Crippen LogP contribution in [0.4, 0.5) is 13.2 Å².